The van der Waals surface area contributed by atoms with Crippen LogP contribution < -0.4 is 20.3 Å². The van der Waals surface area contributed by atoms with E-state index in [0.29, 0.717) is 10.6 Å². The molecule has 1 saturated heterocycles. The van der Waals surface area contributed by atoms with Crippen molar-refractivity contribution in [2.24, 2.45) is 5.73 Å². The Morgan fingerprint density at radius 3 is 2.07 bits per heavy atom. The number of phenols is 4. The van der Waals surface area contributed by atoms with Crippen molar-refractivity contribution in [2.45, 2.75) is 31.0 Å². The molecule has 0 spiro atoms. The zero-order chi connectivity index (χ0) is 30.9. The van der Waals surface area contributed by atoms with Crippen molar-refractivity contribution in [1.82, 2.24) is 9.78 Å². The van der Waals surface area contributed by atoms with Gasteiger partial charge in [-0.15, -0.1) is 0 Å². The van der Waals surface area contributed by atoms with Crippen LogP contribution >= 0.6 is 0 Å². The molecule has 3 amide bonds. The SMILES string of the molecule is COc1ccc(-n2nc(C(N)=O)c3c2C(=O)N(c2c(O)c(O)c(N4CCCC(O)(O)C4=O)c(O)c2O)C(O)(O)C3)cc1. The van der Waals surface area contributed by atoms with Gasteiger partial charge < -0.3 is 56.2 Å². The van der Waals surface area contributed by atoms with Gasteiger partial charge in [-0.1, -0.05) is 0 Å². The fraction of sp³-hybridized carbons (Fsp3) is 0.280. The number of rotatable bonds is 5. The molecule has 17 heteroatoms. The number of methoxy groups -OCH3 is 1. The van der Waals surface area contributed by atoms with E-state index in [0.717, 1.165) is 4.68 Å². The first-order valence-corrected chi connectivity index (χ1v) is 12.2. The highest BCUT2D eigenvalue weighted by molar-refractivity contribution is 6.13. The number of fused-ring (bicyclic) bond motifs is 1. The van der Waals surface area contributed by atoms with Gasteiger partial charge in [0.15, 0.2) is 28.7 Å². The Balaban J connectivity index is 1.70. The lowest BCUT2D eigenvalue weighted by molar-refractivity contribution is -0.188. The highest BCUT2D eigenvalue weighted by Gasteiger charge is 2.51. The molecule has 2 aliphatic heterocycles. The molecule has 3 aromatic rings. The van der Waals surface area contributed by atoms with Crippen LogP contribution in [0.15, 0.2) is 24.3 Å². The third-order valence-corrected chi connectivity index (χ3v) is 7.05. The third-order valence-electron chi connectivity index (χ3n) is 7.05. The Morgan fingerprint density at radius 2 is 1.52 bits per heavy atom. The van der Waals surface area contributed by atoms with E-state index in [2.05, 4.69) is 5.10 Å². The number of hydrogen-bond acceptors (Lipinski definition) is 13. The molecular weight excluding hydrogens is 562 g/mol. The normalized spacial score (nSPS) is 17.7. The lowest BCUT2D eigenvalue weighted by Crippen LogP contribution is -2.57. The number of benzene rings is 2. The zero-order valence-corrected chi connectivity index (χ0v) is 21.7. The van der Waals surface area contributed by atoms with Crippen LogP contribution in [0.4, 0.5) is 11.4 Å². The van der Waals surface area contributed by atoms with Gasteiger partial charge >= 0.3 is 0 Å². The van der Waals surface area contributed by atoms with Gasteiger partial charge in [0.05, 0.1) is 19.2 Å². The van der Waals surface area contributed by atoms with Crippen LogP contribution in [0.25, 0.3) is 5.69 Å². The van der Waals surface area contributed by atoms with Crippen molar-refractivity contribution >= 4 is 29.1 Å². The quantitative estimate of drug-likeness (QED) is 0.0930. The number of aromatic hydroxyl groups is 4. The second kappa shape index (κ2) is 9.48. The Kier molecular flexibility index (Phi) is 6.42. The molecule has 1 aromatic heterocycles. The molecule has 222 valence electrons. The standard InChI is InChI=1S/C25H25N5O12/c1-42-11-5-3-10(4-6-11)30-14-12(13(27-30)21(26)35)9-25(40,41)29(22(14)36)16-19(33)17(31)15(18(32)20(16)34)28-8-2-7-24(38,39)23(28)37/h3-6,31-34,38-41H,2,7-9H2,1H3,(H2,26,35). The van der Waals surface area contributed by atoms with Crippen molar-refractivity contribution in [3.63, 3.8) is 0 Å². The van der Waals surface area contributed by atoms with Crippen LogP contribution in [-0.4, -0.2) is 93.7 Å². The average molecular weight is 587 g/mol. The molecule has 2 aromatic carbocycles. The minimum atomic E-state index is -3.32. The van der Waals surface area contributed by atoms with Gasteiger partial charge in [-0.05, 0) is 30.7 Å². The van der Waals surface area contributed by atoms with Crippen LogP contribution in [-0.2, 0) is 11.2 Å². The van der Waals surface area contributed by atoms with Gasteiger partial charge in [0, 0.05) is 18.5 Å². The third kappa shape index (κ3) is 4.10. The second-order valence-electron chi connectivity index (χ2n) is 9.71. The van der Waals surface area contributed by atoms with Crippen molar-refractivity contribution in [3.8, 4) is 34.4 Å². The number of nitrogens with two attached hydrogens (primary N) is 1. The Bertz CT molecular complexity index is 1620. The van der Waals surface area contributed by atoms with Gasteiger partial charge in [-0.2, -0.15) is 5.10 Å². The first-order valence-electron chi connectivity index (χ1n) is 12.2. The monoisotopic (exact) mass is 587 g/mol. The molecular formula is C25H25N5O12. The lowest BCUT2D eigenvalue weighted by Gasteiger charge is -2.40. The Morgan fingerprint density at radius 1 is 0.952 bits per heavy atom. The fourth-order valence-electron chi connectivity index (χ4n) is 5.07. The van der Waals surface area contributed by atoms with Crippen LogP contribution in [0.5, 0.6) is 28.7 Å². The van der Waals surface area contributed by atoms with E-state index in [4.69, 9.17) is 10.5 Å². The van der Waals surface area contributed by atoms with E-state index in [1.165, 1.54) is 31.4 Å². The minimum Gasteiger partial charge on any atom is -0.503 e. The number of aromatic nitrogens is 2. The number of phenolic OH excluding ortho intramolecular Hbond substituents is 4. The average Bonchev–Trinajstić information content (AvgIpc) is 3.30. The van der Waals surface area contributed by atoms with Gasteiger partial charge in [0.2, 0.25) is 5.79 Å². The minimum absolute atomic E-state index is 0.0256. The number of piperidine rings is 1. The maximum Gasteiger partial charge on any atom is 0.287 e. The predicted octanol–water partition coefficient (Wildman–Crippen LogP) is -1.55. The number of nitrogens with zero attached hydrogens (tertiary/aromatic N) is 4. The van der Waals surface area contributed by atoms with Crippen LogP contribution in [0.3, 0.4) is 0 Å². The summed E-state index contributed by atoms with van der Waals surface area (Å²) in [5.74, 6) is -15.1. The molecule has 10 N–H and O–H groups in total. The summed E-state index contributed by atoms with van der Waals surface area (Å²) in [4.78, 5) is 39.2. The summed E-state index contributed by atoms with van der Waals surface area (Å²) < 4.78 is 6.06. The van der Waals surface area contributed by atoms with E-state index in [-0.39, 0.29) is 35.5 Å². The summed E-state index contributed by atoms with van der Waals surface area (Å²) in [6.45, 7) is -0.284. The number of ether oxygens (including phenoxy) is 1. The Hall–Kier alpha value is -5.10. The smallest absolute Gasteiger partial charge is 0.287 e. The molecule has 17 nitrogen and oxygen atoms in total. The number of primary amides is 1. The van der Waals surface area contributed by atoms with E-state index >= 15 is 0 Å². The molecule has 0 saturated carbocycles. The summed E-state index contributed by atoms with van der Waals surface area (Å²) in [5.41, 5.74) is 2.24. The molecule has 0 bridgehead atoms. The van der Waals surface area contributed by atoms with Crippen molar-refractivity contribution in [3.05, 3.63) is 41.2 Å². The van der Waals surface area contributed by atoms with Crippen molar-refractivity contribution < 1.29 is 60.0 Å². The number of hydrogen-bond donors (Lipinski definition) is 9. The molecule has 0 radical (unpaired) electrons. The molecule has 5 rings (SSSR count). The molecule has 42 heavy (non-hydrogen) atoms. The summed E-state index contributed by atoms with van der Waals surface area (Å²) >= 11 is 0. The van der Waals surface area contributed by atoms with Gasteiger partial charge in [-0.25, -0.2) is 9.58 Å². The lowest BCUT2D eigenvalue weighted by atomic mass is 9.97. The first-order chi connectivity index (χ1) is 19.6. The summed E-state index contributed by atoms with van der Waals surface area (Å²) in [6.07, 6.45) is -1.35. The molecule has 1 fully saturated rings. The zero-order valence-electron chi connectivity index (χ0n) is 21.7. The number of carbonyl (C=O) groups is 3. The molecule has 2 aliphatic rings. The summed E-state index contributed by atoms with van der Waals surface area (Å²) in [7, 11) is 1.42. The fourth-order valence-corrected chi connectivity index (χ4v) is 5.07. The molecule has 0 unspecified atom stereocenters. The first kappa shape index (κ1) is 28.4. The van der Waals surface area contributed by atoms with Crippen molar-refractivity contribution in [1.29, 1.82) is 0 Å². The molecule has 0 aliphatic carbocycles. The maximum atomic E-state index is 13.9. The number of amides is 3. The van der Waals surface area contributed by atoms with Gasteiger partial charge in [0.25, 0.3) is 23.6 Å². The largest absolute Gasteiger partial charge is 0.503 e. The van der Waals surface area contributed by atoms with Gasteiger partial charge in [0.1, 0.15) is 22.8 Å². The highest BCUT2D eigenvalue weighted by Crippen LogP contribution is 2.58. The molecule has 0 atom stereocenters. The van der Waals surface area contributed by atoms with E-state index < -0.39 is 81.6 Å². The van der Waals surface area contributed by atoms with Crippen molar-refractivity contribution in [2.75, 3.05) is 23.5 Å². The molecule has 3 heterocycles. The van der Waals surface area contributed by atoms with E-state index in [9.17, 15) is 55.2 Å². The second-order valence-corrected chi connectivity index (χ2v) is 9.71. The summed E-state index contributed by atoms with van der Waals surface area (Å²) in [5, 5.41) is 89.3. The number of carbonyl (C=O) groups excluding carboxylic acids is 3. The highest BCUT2D eigenvalue weighted by atomic mass is 16.5. The van der Waals surface area contributed by atoms with Crippen LogP contribution in [0.2, 0.25) is 0 Å². The van der Waals surface area contributed by atoms with E-state index in [1.54, 1.807) is 0 Å². The predicted molar refractivity (Wildman–Crippen MR) is 138 cm³/mol. The Labute approximate surface area is 235 Å². The summed E-state index contributed by atoms with van der Waals surface area (Å²) in [6, 6.07) is 5.91. The van der Waals surface area contributed by atoms with Gasteiger partial charge in [-0.3, -0.25) is 14.4 Å². The number of anilines is 2. The maximum absolute atomic E-state index is 13.9. The topological polar surface area (TPSA) is 273 Å². The number of aliphatic hydroxyl groups is 4. The van der Waals surface area contributed by atoms with Crippen LogP contribution in [0.1, 0.15) is 39.4 Å². The van der Waals surface area contributed by atoms with E-state index in [1.807, 2.05) is 0 Å². The van der Waals surface area contributed by atoms with Crippen LogP contribution in [0, 0.1) is 0 Å².